The van der Waals surface area contributed by atoms with E-state index in [9.17, 15) is 4.79 Å². The maximum absolute atomic E-state index is 12.2. The lowest BCUT2D eigenvalue weighted by Gasteiger charge is -2.10. The van der Waals surface area contributed by atoms with Crippen LogP contribution in [-0.4, -0.2) is 36.4 Å². The van der Waals surface area contributed by atoms with Gasteiger partial charge in [0.05, 0.1) is 12.3 Å². The van der Waals surface area contributed by atoms with Crippen molar-refractivity contribution in [1.29, 1.82) is 0 Å². The van der Waals surface area contributed by atoms with Gasteiger partial charge >= 0.3 is 0 Å². The molecule has 3 heterocycles. The van der Waals surface area contributed by atoms with Gasteiger partial charge in [-0.3, -0.25) is 14.3 Å². The number of rotatable bonds is 7. The van der Waals surface area contributed by atoms with Crippen LogP contribution in [0.15, 0.2) is 71.5 Å². The first-order valence-electron chi connectivity index (χ1n) is 8.50. The molecule has 7 nitrogen and oxygen atoms in total. The van der Waals surface area contributed by atoms with Gasteiger partial charge in [0.1, 0.15) is 5.69 Å². The van der Waals surface area contributed by atoms with Gasteiger partial charge in [0.15, 0.2) is 16.1 Å². The molecule has 9 heteroatoms. The summed E-state index contributed by atoms with van der Waals surface area (Å²) in [6.45, 7) is 0.593. The summed E-state index contributed by atoms with van der Waals surface area (Å²) in [4.78, 5) is 20.7. The predicted octanol–water partition coefficient (Wildman–Crippen LogP) is 3.58. The summed E-state index contributed by atoms with van der Waals surface area (Å²) >= 11 is 2.72. The molecule has 0 unspecified atom stereocenters. The molecule has 1 amide bonds. The number of aromatic nitrogens is 5. The number of amides is 1. The lowest BCUT2D eigenvalue weighted by atomic mass is 10.2. The van der Waals surface area contributed by atoms with Crippen molar-refractivity contribution in [2.45, 2.75) is 11.7 Å². The fraction of sp³-hybridized carbons (Fsp3) is 0.105. The van der Waals surface area contributed by atoms with Crippen LogP contribution in [-0.2, 0) is 11.3 Å². The molecule has 0 spiro atoms. The number of nitrogens with one attached hydrogen (secondary N) is 1. The van der Waals surface area contributed by atoms with Gasteiger partial charge in [-0.05, 0) is 17.7 Å². The molecule has 0 atom stereocenters. The molecule has 140 valence electrons. The van der Waals surface area contributed by atoms with Crippen LogP contribution in [0, 0.1) is 0 Å². The van der Waals surface area contributed by atoms with E-state index in [2.05, 4.69) is 25.5 Å². The van der Waals surface area contributed by atoms with Gasteiger partial charge in [-0.2, -0.15) is 0 Å². The lowest BCUT2D eigenvalue weighted by molar-refractivity contribution is -0.113. The molecule has 0 radical (unpaired) electrons. The Hall–Kier alpha value is -3.04. The minimum absolute atomic E-state index is 0.131. The number of nitrogens with zero attached hydrogens (tertiary/aromatic N) is 5. The van der Waals surface area contributed by atoms with Gasteiger partial charge in [-0.1, -0.05) is 48.2 Å². The number of carbonyl (C=O) groups excluding carboxylic acids is 1. The molecule has 0 fully saturated rings. The summed E-state index contributed by atoms with van der Waals surface area (Å²) in [6, 6.07) is 15.7. The van der Waals surface area contributed by atoms with E-state index >= 15 is 0 Å². The Morgan fingerprint density at radius 3 is 2.64 bits per heavy atom. The Morgan fingerprint density at radius 2 is 1.89 bits per heavy atom. The highest BCUT2D eigenvalue weighted by atomic mass is 32.2. The van der Waals surface area contributed by atoms with E-state index in [0.717, 1.165) is 11.3 Å². The Kier molecular flexibility index (Phi) is 5.74. The molecule has 0 saturated heterocycles. The molecule has 4 aromatic rings. The van der Waals surface area contributed by atoms with E-state index < -0.39 is 0 Å². The predicted molar refractivity (Wildman–Crippen MR) is 110 cm³/mol. The summed E-state index contributed by atoms with van der Waals surface area (Å²) in [5.74, 6) is 0.759. The average molecular weight is 409 g/mol. The third-order valence-corrected chi connectivity index (χ3v) is 5.46. The topological polar surface area (TPSA) is 85.6 Å². The van der Waals surface area contributed by atoms with Gasteiger partial charge < -0.3 is 5.32 Å². The Labute approximate surface area is 169 Å². The Morgan fingerprint density at radius 1 is 1.04 bits per heavy atom. The van der Waals surface area contributed by atoms with Crippen molar-refractivity contribution >= 4 is 34.1 Å². The lowest BCUT2D eigenvalue weighted by Crippen LogP contribution is -2.14. The van der Waals surface area contributed by atoms with E-state index in [1.807, 2.05) is 58.5 Å². The van der Waals surface area contributed by atoms with Crippen molar-refractivity contribution in [2.24, 2.45) is 0 Å². The number of benzene rings is 1. The van der Waals surface area contributed by atoms with Gasteiger partial charge in [-0.25, -0.2) is 4.98 Å². The van der Waals surface area contributed by atoms with Crippen molar-refractivity contribution in [1.82, 2.24) is 24.7 Å². The maximum atomic E-state index is 12.2. The highest BCUT2D eigenvalue weighted by Crippen LogP contribution is 2.24. The molecule has 28 heavy (non-hydrogen) atoms. The van der Waals surface area contributed by atoms with E-state index in [1.165, 1.54) is 23.1 Å². The number of hydrogen-bond donors (Lipinski definition) is 1. The fourth-order valence-electron chi connectivity index (χ4n) is 2.56. The first-order valence-corrected chi connectivity index (χ1v) is 10.4. The van der Waals surface area contributed by atoms with Gasteiger partial charge in [-0.15, -0.1) is 21.5 Å². The standard InChI is InChI=1S/C19H16N6OS2/c26-16(22-18-21-10-11-27-18)13-28-19-24-23-17(15-8-4-5-9-20-15)25(19)12-14-6-2-1-3-7-14/h1-11H,12-13H2,(H,21,22,26). The number of pyridine rings is 1. The second-order valence-electron chi connectivity index (χ2n) is 5.77. The number of thioether (sulfide) groups is 1. The largest absolute Gasteiger partial charge is 0.301 e. The van der Waals surface area contributed by atoms with Crippen LogP contribution in [0.4, 0.5) is 5.13 Å². The summed E-state index contributed by atoms with van der Waals surface area (Å²) in [5.41, 5.74) is 1.86. The molecule has 0 saturated carbocycles. The zero-order chi connectivity index (χ0) is 19.2. The SMILES string of the molecule is O=C(CSc1nnc(-c2ccccn2)n1Cc1ccccc1)Nc1nccs1. The van der Waals surface area contributed by atoms with Crippen molar-refractivity contribution in [3.05, 3.63) is 71.9 Å². The van der Waals surface area contributed by atoms with Crippen LogP contribution in [0.3, 0.4) is 0 Å². The molecular formula is C19H16N6OS2. The number of hydrogen-bond acceptors (Lipinski definition) is 7. The van der Waals surface area contributed by atoms with Crippen LogP contribution < -0.4 is 5.32 Å². The fourth-order valence-corrected chi connectivity index (χ4v) is 3.84. The third kappa shape index (κ3) is 4.44. The Balaban J connectivity index is 1.56. The minimum Gasteiger partial charge on any atom is -0.301 e. The smallest absolute Gasteiger partial charge is 0.236 e. The first kappa shape index (κ1) is 18.3. The monoisotopic (exact) mass is 408 g/mol. The molecule has 1 N–H and O–H groups in total. The molecule has 3 aromatic heterocycles. The van der Waals surface area contributed by atoms with Crippen molar-refractivity contribution < 1.29 is 4.79 Å². The second kappa shape index (κ2) is 8.77. The quantitative estimate of drug-likeness (QED) is 0.471. The average Bonchev–Trinajstić information content (AvgIpc) is 3.38. The summed E-state index contributed by atoms with van der Waals surface area (Å²) in [6.07, 6.45) is 3.38. The second-order valence-corrected chi connectivity index (χ2v) is 7.60. The van der Waals surface area contributed by atoms with Gasteiger partial charge in [0.2, 0.25) is 5.91 Å². The molecular weight excluding hydrogens is 392 g/mol. The molecule has 0 aliphatic carbocycles. The van der Waals surface area contributed by atoms with Crippen molar-refractivity contribution in [3.8, 4) is 11.5 Å². The molecule has 1 aromatic carbocycles. The normalized spacial score (nSPS) is 10.7. The van der Waals surface area contributed by atoms with E-state index in [0.29, 0.717) is 22.7 Å². The first-order chi connectivity index (χ1) is 13.8. The minimum atomic E-state index is -0.131. The molecule has 0 aliphatic heterocycles. The molecule has 0 bridgehead atoms. The molecule has 4 rings (SSSR count). The van der Waals surface area contributed by atoms with Gasteiger partial charge in [0, 0.05) is 17.8 Å². The van der Waals surface area contributed by atoms with Crippen molar-refractivity contribution in [3.63, 3.8) is 0 Å². The summed E-state index contributed by atoms with van der Waals surface area (Å²) in [7, 11) is 0. The number of thiazole rings is 1. The summed E-state index contributed by atoms with van der Waals surface area (Å²) in [5, 5.41) is 14.5. The Bertz CT molecular complexity index is 1040. The highest BCUT2D eigenvalue weighted by molar-refractivity contribution is 7.99. The van der Waals surface area contributed by atoms with E-state index in [4.69, 9.17) is 0 Å². The zero-order valence-electron chi connectivity index (χ0n) is 14.7. The highest BCUT2D eigenvalue weighted by Gasteiger charge is 2.17. The number of carbonyl (C=O) groups is 1. The van der Waals surface area contributed by atoms with Crippen molar-refractivity contribution in [2.75, 3.05) is 11.1 Å². The van der Waals surface area contributed by atoms with E-state index in [-0.39, 0.29) is 11.7 Å². The third-order valence-electron chi connectivity index (χ3n) is 3.81. The van der Waals surface area contributed by atoms with Crippen LogP contribution in [0.5, 0.6) is 0 Å². The van der Waals surface area contributed by atoms with Crippen LogP contribution in [0.25, 0.3) is 11.5 Å². The number of anilines is 1. The van der Waals surface area contributed by atoms with Crippen LogP contribution in [0.1, 0.15) is 5.56 Å². The molecule has 0 aliphatic rings. The van der Waals surface area contributed by atoms with Crippen LogP contribution >= 0.6 is 23.1 Å². The van der Waals surface area contributed by atoms with Crippen LogP contribution in [0.2, 0.25) is 0 Å². The van der Waals surface area contributed by atoms with Gasteiger partial charge in [0.25, 0.3) is 0 Å². The zero-order valence-corrected chi connectivity index (χ0v) is 16.4. The van der Waals surface area contributed by atoms with E-state index in [1.54, 1.807) is 12.4 Å². The maximum Gasteiger partial charge on any atom is 0.236 e. The summed E-state index contributed by atoms with van der Waals surface area (Å²) < 4.78 is 1.99.